The number of carbonyl (C=O) groups is 1. The fraction of sp³-hybridized carbons (Fsp3) is 0.533. The molecule has 1 aromatic carbocycles. The van der Waals surface area contributed by atoms with Gasteiger partial charge in [0.05, 0.1) is 0 Å². The molecule has 1 N–H and O–H groups in total. The summed E-state index contributed by atoms with van der Waals surface area (Å²) in [5.41, 5.74) is 2.15. The van der Waals surface area contributed by atoms with Crippen LogP contribution in [-0.4, -0.2) is 12.6 Å². The molecule has 0 bridgehead atoms. The summed E-state index contributed by atoms with van der Waals surface area (Å²) in [7, 11) is 0. The first-order valence-electron chi connectivity index (χ1n) is 6.55. The van der Waals surface area contributed by atoms with Crippen molar-refractivity contribution in [3.05, 3.63) is 29.3 Å². The Balaban J connectivity index is 3.14. The van der Waals surface area contributed by atoms with E-state index in [0.29, 0.717) is 24.1 Å². The SMILES string of the molecule is CCNC(=O)Oc1c(C(C)C)cccc1C(C)C. The van der Waals surface area contributed by atoms with E-state index in [1.807, 2.05) is 25.1 Å². The highest BCUT2D eigenvalue weighted by atomic mass is 16.6. The summed E-state index contributed by atoms with van der Waals surface area (Å²) in [5.74, 6) is 1.37. The van der Waals surface area contributed by atoms with Gasteiger partial charge in [0.1, 0.15) is 5.75 Å². The van der Waals surface area contributed by atoms with E-state index in [4.69, 9.17) is 4.74 Å². The van der Waals surface area contributed by atoms with Crippen molar-refractivity contribution in [1.29, 1.82) is 0 Å². The Morgan fingerprint density at radius 2 is 1.67 bits per heavy atom. The predicted octanol–water partition coefficient (Wildman–Crippen LogP) is 4.04. The van der Waals surface area contributed by atoms with E-state index in [9.17, 15) is 4.79 Å². The van der Waals surface area contributed by atoms with Crippen molar-refractivity contribution in [3.8, 4) is 5.75 Å². The van der Waals surface area contributed by atoms with E-state index >= 15 is 0 Å². The summed E-state index contributed by atoms with van der Waals surface area (Å²) in [5, 5.41) is 2.67. The zero-order valence-electron chi connectivity index (χ0n) is 11.9. The van der Waals surface area contributed by atoms with Gasteiger partial charge in [-0.2, -0.15) is 0 Å². The predicted molar refractivity (Wildman–Crippen MR) is 74.3 cm³/mol. The first kappa shape index (κ1) is 14.6. The second-order valence-electron chi connectivity index (χ2n) is 4.99. The van der Waals surface area contributed by atoms with E-state index in [0.717, 1.165) is 11.1 Å². The lowest BCUT2D eigenvalue weighted by Crippen LogP contribution is -2.27. The quantitative estimate of drug-likeness (QED) is 0.874. The van der Waals surface area contributed by atoms with E-state index in [-0.39, 0.29) is 6.09 Å². The number of carbonyl (C=O) groups excluding carboxylic acids is 1. The number of hydrogen-bond acceptors (Lipinski definition) is 2. The molecule has 3 heteroatoms. The van der Waals surface area contributed by atoms with Crippen molar-refractivity contribution in [2.24, 2.45) is 0 Å². The molecule has 0 heterocycles. The molecular weight excluding hydrogens is 226 g/mol. The van der Waals surface area contributed by atoms with E-state index in [1.165, 1.54) is 0 Å². The van der Waals surface area contributed by atoms with Crippen molar-refractivity contribution in [2.45, 2.75) is 46.5 Å². The maximum Gasteiger partial charge on any atom is 0.412 e. The molecular formula is C15H23NO2. The molecule has 0 fully saturated rings. The summed E-state index contributed by atoms with van der Waals surface area (Å²) in [6.45, 7) is 10.8. The zero-order valence-corrected chi connectivity index (χ0v) is 11.9. The Hall–Kier alpha value is -1.51. The van der Waals surface area contributed by atoms with Gasteiger partial charge in [-0.3, -0.25) is 0 Å². The van der Waals surface area contributed by atoms with Gasteiger partial charge in [0.15, 0.2) is 0 Å². The largest absolute Gasteiger partial charge is 0.412 e. The van der Waals surface area contributed by atoms with Crippen LogP contribution in [0.2, 0.25) is 0 Å². The highest BCUT2D eigenvalue weighted by Gasteiger charge is 2.17. The molecule has 1 aromatic rings. The summed E-state index contributed by atoms with van der Waals surface area (Å²) in [4.78, 5) is 11.6. The van der Waals surface area contributed by atoms with Gasteiger partial charge < -0.3 is 10.1 Å². The molecule has 3 nitrogen and oxygen atoms in total. The van der Waals surface area contributed by atoms with Crippen molar-refractivity contribution in [1.82, 2.24) is 5.32 Å². The number of amides is 1. The molecule has 1 rings (SSSR count). The van der Waals surface area contributed by atoms with E-state index in [2.05, 4.69) is 33.0 Å². The molecule has 0 aliphatic rings. The molecule has 0 atom stereocenters. The molecule has 0 aliphatic heterocycles. The van der Waals surface area contributed by atoms with Crippen molar-refractivity contribution in [3.63, 3.8) is 0 Å². The van der Waals surface area contributed by atoms with Crippen LogP contribution < -0.4 is 10.1 Å². The number of rotatable bonds is 4. The van der Waals surface area contributed by atoms with Crippen LogP contribution in [0, 0.1) is 0 Å². The average molecular weight is 249 g/mol. The van der Waals surface area contributed by atoms with E-state index < -0.39 is 0 Å². The minimum absolute atomic E-state index is 0.327. The van der Waals surface area contributed by atoms with Crippen molar-refractivity contribution >= 4 is 6.09 Å². The minimum atomic E-state index is -0.382. The van der Waals surface area contributed by atoms with Gasteiger partial charge in [0.25, 0.3) is 0 Å². The summed E-state index contributed by atoms with van der Waals surface area (Å²) in [6.07, 6.45) is -0.382. The maximum absolute atomic E-state index is 11.6. The molecule has 0 aliphatic carbocycles. The number of ether oxygens (including phenoxy) is 1. The standard InChI is InChI=1S/C15H23NO2/c1-6-16-15(17)18-14-12(10(2)3)8-7-9-13(14)11(4)5/h7-11H,6H2,1-5H3,(H,16,17). The van der Waals surface area contributed by atoms with E-state index in [1.54, 1.807) is 0 Å². The van der Waals surface area contributed by atoms with Gasteiger partial charge in [-0.05, 0) is 29.9 Å². The Morgan fingerprint density at radius 1 is 1.17 bits per heavy atom. The number of benzene rings is 1. The molecule has 0 radical (unpaired) electrons. The number of nitrogens with one attached hydrogen (secondary N) is 1. The molecule has 0 aromatic heterocycles. The van der Waals surface area contributed by atoms with Crippen LogP contribution in [0.5, 0.6) is 5.75 Å². The van der Waals surface area contributed by atoms with Gasteiger partial charge in [-0.15, -0.1) is 0 Å². The fourth-order valence-corrected chi connectivity index (χ4v) is 1.87. The third kappa shape index (κ3) is 3.49. The third-order valence-electron chi connectivity index (χ3n) is 2.84. The monoisotopic (exact) mass is 249 g/mol. The van der Waals surface area contributed by atoms with Gasteiger partial charge in [0.2, 0.25) is 0 Å². The molecule has 0 unspecified atom stereocenters. The Bertz CT molecular complexity index is 385. The van der Waals surface area contributed by atoms with Crippen molar-refractivity contribution < 1.29 is 9.53 Å². The van der Waals surface area contributed by atoms with Gasteiger partial charge in [-0.1, -0.05) is 45.9 Å². The van der Waals surface area contributed by atoms with Crippen molar-refractivity contribution in [2.75, 3.05) is 6.54 Å². The lowest BCUT2D eigenvalue weighted by atomic mass is 9.94. The van der Waals surface area contributed by atoms with Crippen LogP contribution in [0.4, 0.5) is 4.79 Å². The fourth-order valence-electron chi connectivity index (χ4n) is 1.87. The summed E-state index contributed by atoms with van der Waals surface area (Å²) in [6, 6.07) is 6.06. The van der Waals surface area contributed by atoms with Gasteiger partial charge in [-0.25, -0.2) is 4.79 Å². The second-order valence-corrected chi connectivity index (χ2v) is 4.99. The highest BCUT2D eigenvalue weighted by molar-refractivity contribution is 5.71. The Morgan fingerprint density at radius 3 is 2.06 bits per heavy atom. The Kier molecular flexibility index (Phi) is 5.20. The van der Waals surface area contributed by atoms with Crippen LogP contribution in [0.3, 0.4) is 0 Å². The first-order valence-corrected chi connectivity index (χ1v) is 6.55. The number of hydrogen-bond donors (Lipinski definition) is 1. The highest BCUT2D eigenvalue weighted by Crippen LogP contribution is 2.34. The molecule has 18 heavy (non-hydrogen) atoms. The Labute approximate surface area is 110 Å². The van der Waals surface area contributed by atoms with Crippen LogP contribution >= 0.6 is 0 Å². The van der Waals surface area contributed by atoms with Crippen LogP contribution in [-0.2, 0) is 0 Å². The average Bonchev–Trinajstić information content (AvgIpc) is 2.28. The van der Waals surface area contributed by atoms with Crippen LogP contribution in [0.25, 0.3) is 0 Å². The lowest BCUT2D eigenvalue weighted by Gasteiger charge is -2.18. The summed E-state index contributed by atoms with van der Waals surface area (Å²) < 4.78 is 5.49. The second kappa shape index (κ2) is 6.43. The minimum Gasteiger partial charge on any atom is -0.410 e. The van der Waals surface area contributed by atoms with Crippen LogP contribution in [0.1, 0.15) is 57.6 Å². The first-order chi connectivity index (χ1) is 8.47. The number of para-hydroxylation sites is 1. The zero-order chi connectivity index (χ0) is 13.7. The molecule has 0 saturated carbocycles. The molecule has 0 saturated heterocycles. The summed E-state index contributed by atoms with van der Waals surface area (Å²) >= 11 is 0. The van der Waals surface area contributed by atoms with Gasteiger partial charge in [0, 0.05) is 6.54 Å². The van der Waals surface area contributed by atoms with Gasteiger partial charge >= 0.3 is 6.09 Å². The molecule has 1 amide bonds. The van der Waals surface area contributed by atoms with Crippen LogP contribution in [0.15, 0.2) is 18.2 Å². The molecule has 0 spiro atoms. The third-order valence-corrected chi connectivity index (χ3v) is 2.84. The topological polar surface area (TPSA) is 38.3 Å². The lowest BCUT2D eigenvalue weighted by molar-refractivity contribution is 0.200. The molecule has 100 valence electrons. The maximum atomic E-state index is 11.6. The smallest absolute Gasteiger partial charge is 0.410 e. The normalized spacial score (nSPS) is 10.8.